The van der Waals surface area contributed by atoms with Crippen LogP contribution in [0, 0.1) is 0 Å². The molecule has 4 N–H and O–H groups in total. The number of carbonyl (C=O) groups excluding carboxylic acids is 2. The lowest BCUT2D eigenvalue weighted by molar-refractivity contribution is -0.305. The number of unbranched alkanes of at least 4 members (excludes halogenated alkanes) is 17. The zero-order valence-corrected chi connectivity index (χ0v) is 31.4. The number of aliphatic hydroxyl groups excluding tert-OH is 4. The van der Waals surface area contributed by atoms with Gasteiger partial charge in [0, 0.05) is 12.8 Å². The first-order valence-corrected chi connectivity index (χ1v) is 19.9. The number of aliphatic hydroxyl groups is 4. The average molecular weight is 713 g/mol. The third kappa shape index (κ3) is 23.6. The Kier molecular flexibility index (Phi) is 29.5. The zero-order valence-electron chi connectivity index (χ0n) is 31.4. The number of rotatable bonds is 32. The number of hydrogen-bond donors (Lipinski definition) is 4. The molecule has 2 unspecified atom stereocenters. The van der Waals surface area contributed by atoms with Crippen LogP contribution in [0.3, 0.4) is 0 Å². The van der Waals surface area contributed by atoms with Crippen LogP contribution in [0.2, 0.25) is 0 Å². The van der Waals surface area contributed by atoms with E-state index in [1.807, 2.05) is 0 Å². The van der Waals surface area contributed by atoms with Crippen molar-refractivity contribution in [1.82, 2.24) is 0 Å². The highest BCUT2D eigenvalue weighted by atomic mass is 16.7. The lowest BCUT2D eigenvalue weighted by atomic mass is 9.99. The Balaban J connectivity index is 2.37. The van der Waals surface area contributed by atoms with Gasteiger partial charge in [-0.1, -0.05) is 134 Å². The van der Waals surface area contributed by atoms with Crippen molar-refractivity contribution in [3.63, 3.8) is 0 Å². The second-order valence-electron chi connectivity index (χ2n) is 13.7. The van der Waals surface area contributed by atoms with Gasteiger partial charge in [-0.05, 0) is 38.5 Å². The monoisotopic (exact) mass is 713 g/mol. The maximum atomic E-state index is 12.6. The molecule has 0 bridgehead atoms. The van der Waals surface area contributed by atoms with Gasteiger partial charge in [-0.25, -0.2) is 0 Å². The number of ether oxygens (including phenoxy) is 4. The topological polar surface area (TPSA) is 152 Å². The fourth-order valence-corrected chi connectivity index (χ4v) is 5.87. The minimum atomic E-state index is -1.60. The molecule has 1 rings (SSSR count). The minimum absolute atomic E-state index is 0.214. The molecule has 1 saturated heterocycles. The second-order valence-corrected chi connectivity index (χ2v) is 13.7. The molecule has 6 atom stereocenters. The third-order valence-corrected chi connectivity index (χ3v) is 9.09. The van der Waals surface area contributed by atoms with Crippen molar-refractivity contribution >= 4 is 11.9 Å². The van der Waals surface area contributed by atoms with Crippen molar-refractivity contribution in [1.29, 1.82) is 0 Å². The number of carbonyl (C=O) groups is 2. The summed E-state index contributed by atoms with van der Waals surface area (Å²) < 4.78 is 22.0. The summed E-state index contributed by atoms with van der Waals surface area (Å²) in [4.78, 5) is 25.1. The van der Waals surface area contributed by atoms with Crippen LogP contribution >= 0.6 is 0 Å². The highest BCUT2D eigenvalue weighted by molar-refractivity contribution is 5.70. The quantitative estimate of drug-likeness (QED) is 0.0316. The van der Waals surface area contributed by atoms with Gasteiger partial charge in [0.05, 0.1) is 13.2 Å². The van der Waals surface area contributed by atoms with Gasteiger partial charge >= 0.3 is 11.9 Å². The van der Waals surface area contributed by atoms with Gasteiger partial charge < -0.3 is 39.4 Å². The molecular weight excluding hydrogens is 640 g/mol. The van der Waals surface area contributed by atoms with E-state index in [9.17, 15) is 30.0 Å². The first kappa shape index (κ1) is 46.2. The van der Waals surface area contributed by atoms with Gasteiger partial charge in [0.25, 0.3) is 0 Å². The smallest absolute Gasteiger partial charge is 0.306 e. The predicted octanol–water partition coefficient (Wildman–Crippen LogP) is 7.38. The summed E-state index contributed by atoms with van der Waals surface area (Å²) in [5.41, 5.74) is 0. The molecule has 0 amide bonds. The van der Waals surface area contributed by atoms with Crippen LogP contribution in [0.15, 0.2) is 24.3 Å². The van der Waals surface area contributed by atoms with Crippen LogP contribution < -0.4 is 0 Å². The lowest BCUT2D eigenvalue weighted by Crippen LogP contribution is -2.59. The van der Waals surface area contributed by atoms with E-state index in [0.29, 0.717) is 12.8 Å². The minimum Gasteiger partial charge on any atom is -0.462 e. The molecular formula is C40H72O10. The molecule has 10 nitrogen and oxygen atoms in total. The normalized spacial score (nSPS) is 21.6. The van der Waals surface area contributed by atoms with Gasteiger partial charge in [0.15, 0.2) is 12.4 Å². The van der Waals surface area contributed by atoms with E-state index < -0.39 is 55.4 Å². The van der Waals surface area contributed by atoms with Crippen LogP contribution in [0.5, 0.6) is 0 Å². The van der Waals surface area contributed by atoms with Gasteiger partial charge in [-0.15, -0.1) is 0 Å². The molecule has 1 aliphatic heterocycles. The van der Waals surface area contributed by atoms with Gasteiger partial charge in [-0.2, -0.15) is 0 Å². The molecule has 292 valence electrons. The van der Waals surface area contributed by atoms with Crippen LogP contribution in [-0.2, 0) is 28.5 Å². The molecule has 10 heteroatoms. The third-order valence-electron chi connectivity index (χ3n) is 9.09. The largest absolute Gasteiger partial charge is 0.462 e. The van der Waals surface area contributed by atoms with E-state index >= 15 is 0 Å². The molecule has 0 saturated carbocycles. The van der Waals surface area contributed by atoms with E-state index in [-0.39, 0.29) is 26.1 Å². The number of allylic oxidation sites excluding steroid dienone is 4. The van der Waals surface area contributed by atoms with Gasteiger partial charge in [0.1, 0.15) is 31.0 Å². The Labute approximate surface area is 303 Å². The molecule has 0 spiro atoms. The zero-order chi connectivity index (χ0) is 36.7. The van der Waals surface area contributed by atoms with Gasteiger partial charge in [-0.3, -0.25) is 9.59 Å². The summed E-state index contributed by atoms with van der Waals surface area (Å²) in [6.07, 6.45) is 25.0. The summed E-state index contributed by atoms with van der Waals surface area (Å²) in [6, 6.07) is 0. The summed E-state index contributed by atoms with van der Waals surface area (Å²) in [6.45, 7) is 3.33. The van der Waals surface area contributed by atoms with E-state index in [2.05, 4.69) is 38.2 Å². The van der Waals surface area contributed by atoms with Crippen molar-refractivity contribution in [2.75, 3.05) is 19.8 Å². The predicted molar refractivity (Wildman–Crippen MR) is 196 cm³/mol. The number of hydrogen-bond acceptors (Lipinski definition) is 10. The average Bonchev–Trinajstić information content (AvgIpc) is 3.11. The highest BCUT2D eigenvalue weighted by Gasteiger charge is 2.44. The molecule has 0 aromatic rings. The molecule has 1 aliphatic rings. The van der Waals surface area contributed by atoms with Crippen LogP contribution in [0.25, 0.3) is 0 Å². The molecule has 0 aromatic heterocycles. The van der Waals surface area contributed by atoms with Crippen molar-refractivity contribution in [2.45, 2.75) is 198 Å². The van der Waals surface area contributed by atoms with Crippen molar-refractivity contribution in [3.05, 3.63) is 24.3 Å². The summed E-state index contributed by atoms with van der Waals surface area (Å²) >= 11 is 0. The molecule has 50 heavy (non-hydrogen) atoms. The van der Waals surface area contributed by atoms with Crippen molar-refractivity contribution in [3.8, 4) is 0 Å². The van der Waals surface area contributed by atoms with Crippen molar-refractivity contribution < 1.29 is 49.0 Å². The Hall–Kier alpha value is -1.82. The van der Waals surface area contributed by atoms with Crippen LogP contribution in [0.4, 0.5) is 0 Å². The van der Waals surface area contributed by atoms with E-state index in [1.165, 1.54) is 83.5 Å². The van der Waals surface area contributed by atoms with Crippen LogP contribution in [0.1, 0.15) is 162 Å². The van der Waals surface area contributed by atoms with E-state index in [4.69, 9.17) is 18.9 Å². The van der Waals surface area contributed by atoms with E-state index in [0.717, 1.165) is 38.5 Å². The SMILES string of the molecule is CCCCCCCCCCC/C=C/C/C=C/CCCC(=O)OC[C@@H](CO[C@H]1O[C@@H](CO)[C@@H](O)C(O)C1O)OC(=O)CCCCCCCCCC. The molecule has 0 aliphatic carbocycles. The molecule has 0 radical (unpaired) electrons. The Morgan fingerprint density at radius 3 is 1.72 bits per heavy atom. The van der Waals surface area contributed by atoms with Crippen molar-refractivity contribution in [2.24, 2.45) is 0 Å². The van der Waals surface area contributed by atoms with Gasteiger partial charge in [0.2, 0.25) is 0 Å². The molecule has 1 fully saturated rings. The Morgan fingerprint density at radius 1 is 0.620 bits per heavy atom. The highest BCUT2D eigenvalue weighted by Crippen LogP contribution is 2.22. The maximum absolute atomic E-state index is 12.6. The maximum Gasteiger partial charge on any atom is 0.306 e. The fourth-order valence-electron chi connectivity index (χ4n) is 5.87. The Bertz CT molecular complexity index is 876. The summed E-state index contributed by atoms with van der Waals surface area (Å²) in [7, 11) is 0. The first-order valence-electron chi connectivity index (χ1n) is 19.9. The van der Waals surface area contributed by atoms with E-state index in [1.54, 1.807) is 0 Å². The molecule has 1 heterocycles. The Morgan fingerprint density at radius 2 is 1.14 bits per heavy atom. The van der Waals surface area contributed by atoms with Crippen LogP contribution in [-0.4, -0.2) is 89.0 Å². The second kappa shape index (κ2) is 31.9. The first-order chi connectivity index (χ1) is 24.3. The lowest BCUT2D eigenvalue weighted by Gasteiger charge is -2.39. The summed E-state index contributed by atoms with van der Waals surface area (Å²) in [5.74, 6) is -0.863. The molecule has 0 aromatic carbocycles. The number of esters is 2. The fraction of sp³-hybridized carbons (Fsp3) is 0.850. The standard InChI is InChI=1S/C40H72O10/c1-3-5-7-9-11-13-14-15-16-17-18-19-20-21-23-24-26-28-35(42)47-31-33(49-36(43)29-27-25-22-12-10-8-6-4-2)32-48-40-39(46)38(45)37(44)34(30-41)50-40/h18-19,21,23,33-34,37-41,44-46H,3-17,20,22,24-32H2,1-2H3/b19-18+,23-21+/t33-,34-,37+,38?,39?,40-/m0/s1. The summed E-state index contributed by atoms with van der Waals surface area (Å²) in [5, 5.41) is 39.8.